The molecule has 0 aliphatic carbocycles. The number of aromatic nitrogens is 1. The summed E-state index contributed by atoms with van der Waals surface area (Å²) >= 11 is 2.53. The van der Waals surface area contributed by atoms with Gasteiger partial charge in [-0.3, -0.25) is 4.79 Å². The van der Waals surface area contributed by atoms with Crippen molar-refractivity contribution in [1.29, 1.82) is 0 Å². The maximum absolute atomic E-state index is 11.4. The van der Waals surface area contributed by atoms with Crippen LogP contribution >= 0.6 is 22.9 Å². The van der Waals surface area contributed by atoms with Crippen LogP contribution in [0.5, 0.6) is 0 Å². The predicted octanol–water partition coefficient (Wildman–Crippen LogP) is 2.35. The third kappa shape index (κ3) is 1.78. The van der Waals surface area contributed by atoms with Gasteiger partial charge in [0.1, 0.15) is 14.6 Å². The van der Waals surface area contributed by atoms with Gasteiger partial charge in [-0.25, -0.2) is 4.79 Å². The second kappa shape index (κ2) is 4.08. The van der Waals surface area contributed by atoms with Crippen molar-refractivity contribution in [2.45, 2.75) is 6.92 Å². The number of ether oxygens (including phenoxy) is 1. The number of hydrogen-bond donors (Lipinski definition) is 0. The average Bonchev–Trinajstić information content (AvgIpc) is 2.76. The molecule has 6 heteroatoms. The molecule has 0 fully saturated rings. The van der Waals surface area contributed by atoms with Crippen LogP contribution in [0.15, 0.2) is 6.07 Å². The normalized spacial score (nSPS) is 10.5. The Hall–Kier alpha value is -1.27. The molecule has 2 heterocycles. The van der Waals surface area contributed by atoms with Gasteiger partial charge in [0, 0.05) is 5.39 Å². The summed E-state index contributed by atoms with van der Waals surface area (Å²) in [5.41, 5.74) is 0.391. The first-order chi connectivity index (χ1) is 7.26. The third-order valence-corrected chi connectivity index (χ3v) is 3.85. The first-order valence-electron chi connectivity index (χ1n) is 4.27. The summed E-state index contributed by atoms with van der Waals surface area (Å²) in [5, 5.41) is 0.739. The molecule has 0 aliphatic rings. The van der Waals surface area contributed by atoms with Crippen molar-refractivity contribution in [3.63, 3.8) is 0 Å². The average molecular weight is 241 g/mol. The number of aldehydes is 1. The Morgan fingerprint density at radius 1 is 1.67 bits per heavy atom. The molecule has 4 nitrogen and oxygen atoms in total. The summed E-state index contributed by atoms with van der Waals surface area (Å²) in [6.45, 7) is 2.11. The van der Waals surface area contributed by atoms with Crippen LogP contribution in [-0.2, 0) is 4.74 Å². The van der Waals surface area contributed by atoms with Crippen molar-refractivity contribution in [3.05, 3.63) is 16.6 Å². The number of thiophene rings is 1. The van der Waals surface area contributed by atoms with Crippen LogP contribution in [0.2, 0.25) is 0 Å². The Morgan fingerprint density at radius 2 is 2.47 bits per heavy atom. The molecule has 2 aromatic heterocycles. The molecule has 0 saturated heterocycles. The Bertz CT molecular complexity index is 514. The van der Waals surface area contributed by atoms with Gasteiger partial charge in [-0.2, -0.15) is 4.37 Å². The lowest BCUT2D eigenvalue weighted by Crippen LogP contribution is -2.01. The van der Waals surface area contributed by atoms with E-state index in [1.165, 1.54) is 22.9 Å². The summed E-state index contributed by atoms with van der Waals surface area (Å²) in [4.78, 5) is 22.5. The quantitative estimate of drug-likeness (QED) is 0.611. The summed E-state index contributed by atoms with van der Waals surface area (Å²) < 4.78 is 9.70. The van der Waals surface area contributed by atoms with Crippen molar-refractivity contribution in [2.24, 2.45) is 0 Å². The molecule has 0 saturated carbocycles. The third-order valence-electron chi connectivity index (χ3n) is 1.79. The van der Waals surface area contributed by atoms with E-state index in [1.807, 2.05) is 0 Å². The van der Waals surface area contributed by atoms with Crippen LogP contribution in [0.3, 0.4) is 0 Å². The van der Waals surface area contributed by atoms with Crippen LogP contribution in [0.4, 0.5) is 0 Å². The van der Waals surface area contributed by atoms with Gasteiger partial charge in [0.2, 0.25) is 0 Å². The van der Waals surface area contributed by atoms with E-state index in [9.17, 15) is 9.59 Å². The molecule has 2 aromatic rings. The van der Waals surface area contributed by atoms with Gasteiger partial charge >= 0.3 is 5.97 Å². The number of esters is 1. The maximum Gasteiger partial charge on any atom is 0.348 e. The molecule has 0 spiro atoms. The second-order valence-electron chi connectivity index (χ2n) is 2.72. The van der Waals surface area contributed by atoms with Gasteiger partial charge in [-0.15, -0.1) is 11.3 Å². The van der Waals surface area contributed by atoms with Gasteiger partial charge in [-0.05, 0) is 24.5 Å². The Morgan fingerprint density at radius 3 is 3.13 bits per heavy atom. The van der Waals surface area contributed by atoms with E-state index < -0.39 is 0 Å². The maximum atomic E-state index is 11.4. The van der Waals surface area contributed by atoms with Gasteiger partial charge in [-0.1, -0.05) is 0 Å². The molecule has 0 aliphatic heterocycles. The van der Waals surface area contributed by atoms with E-state index in [2.05, 4.69) is 4.37 Å². The molecule has 0 radical (unpaired) electrons. The van der Waals surface area contributed by atoms with E-state index >= 15 is 0 Å². The van der Waals surface area contributed by atoms with Crippen molar-refractivity contribution in [3.8, 4) is 0 Å². The van der Waals surface area contributed by atoms with Crippen LogP contribution in [0.25, 0.3) is 9.40 Å². The molecule has 0 N–H and O–H groups in total. The van der Waals surface area contributed by atoms with Crippen LogP contribution in [0.1, 0.15) is 27.1 Å². The summed E-state index contributed by atoms with van der Waals surface area (Å²) in [5.74, 6) is -0.345. The zero-order valence-corrected chi connectivity index (χ0v) is 9.48. The highest BCUT2D eigenvalue weighted by molar-refractivity contribution is 7.36. The minimum atomic E-state index is -0.345. The van der Waals surface area contributed by atoms with Crippen molar-refractivity contribution in [1.82, 2.24) is 4.37 Å². The summed E-state index contributed by atoms with van der Waals surface area (Å²) in [6, 6.07) is 1.66. The van der Waals surface area contributed by atoms with Gasteiger partial charge in [0.15, 0.2) is 6.29 Å². The van der Waals surface area contributed by atoms with E-state index in [0.717, 1.165) is 9.40 Å². The highest BCUT2D eigenvalue weighted by atomic mass is 32.2. The molecule has 0 amide bonds. The smallest absolute Gasteiger partial charge is 0.348 e. The number of carbonyl (C=O) groups is 2. The number of fused-ring (bicyclic) bond motifs is 1. The second-order valence-corrected chi connectivity index (χ2v) is 4.80. The number of carbonyl (C=O) groups excluding carboxylic acids is 2. The zero-order chi connectivity index (χ0) is 10.8. The molecule has 78 valence electrons. The van der Waals surface area contributed by atoms with E-state index in [1.54, 1.807) is 13.0 Å². The largest absolute Gasteiger partial charge is 0.462 e. The Kier molecular flexibility index (Phi) is 2.79. The highest BCUT2D eigenvalue weighted by Crippen LogP contribution is 2.31. The number of hydrogen-bond acceptors (Lipinski definition) is 6. The van der Waals surface area contributed by atoms with Crippen molar-refractivity contribution < 1.29 is 14.3 Å². The summed E-state index contributed by atoms with van der Waals surface area (Å²) in [7, 11) is 0. The topological polar surface area (TPSA) is 56.3 Å². The zero-order valence-electron chi connectivity index (χ0n) is 7.85. The fourth-order valence-electron chi connectivity index (χ4n) is 1.15. The highest BCUT2D eigenvalue weighted by Gasteiger charge is 2.15. The standard InChI is InChI=1S/C9H7NO3S2/c1-2-13-8(12)7-3-5-6(4-11)10-15-9(5)14-7/h3-4H,2H2,1H3. The minimum absolute atomic E-state index is 0.345. The fourth-order valence-corrected chi connectivity index (χ4v) is 3.06. The molecular weight excluding hydrogens is 234 g/mol. The Balaban J connectivity index is 2.43. The van der Waals surface area contributed by atoms with Crippen molar-refractivity contribution in [2.75, 3.05) is 6.61 Å². The monoisotopic (exact) mass is 241 g/mol. The predicted molar refractivity (Wildman–Crippen MR) is 58.8 cm³/mol. The lowest BCUT2D eigenvalue weighted by atomic mass is 10.3. The van der Waals surface area contributed by atoms with E-state index in [-0.39, 0.29) is 5.97 Å². The molecular formula is C9H7NO3S2. The summed E-state index contributed by atoms with van der Waals surface area (Å²) in [6.07, 6.45) is 0.695. The lowest BCUT2D eigenvalue weighted by Gasteiger charge is -1.95. The van der Waals surface area contributed by atoms with Gasteiger partial charge in [0.05, 0.1) is 6.61 Å². The first-order valence-corrected chi connectivity index (χ1v) is 5.86. The Labute approximate surface area is 93.7 Å². The fraction of sp³-hybridized carbons (Fsp3) is 0.222. The van der Waals surface area contributed by atoms with E-state index in [4.69, 9.17) is 4.74 Å². The molecule has 0 unspecified atom stereocenters. The van der Waals surface area contributed by atoms with Crippen LogP contribution in [-0.4, -0.2) is 23.2 Å². The van der Waals surface area contributed by atoms with Crippen molar-refractivity contribution >= 4 is 44.5 Å². The number of nitrogens with zero attached hydrogens (tertiary/aromatic N) is 1. The van der Waals surface area contributed by atoms with Gasteiger partial charge < -0.3 is 4.74 Å². The van der Waals surface area contributed by atoms with Crippen LogP contribution in [0, 0.1) is 0 Å². The molecule has 0 bridgehead atoms. The SMILES string of the molecule is CCOC(=O)c1cc2c(C=O)nsc2s1. The lowest BCUT2D eigenvalue weighted by molar-refractivity contribution is 0.0532. The number of rotatable bonds is 3. The molecule has 2 rings (SSSR count). The minimum Gasteiger partial charge on any atom is -0.462 e. The van der Waals surface area contributed by atoms with Crippen LogP contribution < -0.4 is 0 Å². The molecule has 15 heavy (non-hydrogen) atoms. The molecule has 0 aromatic carbocycles. The van der Waals surface area contributed by atoms with E-state index in [0.29, 0.717) is 23.5 Å². The molecule has 0 atom stereocenters. The van der Waals surface area contributed by atoms with Gasteiger partial charge in [0.25, 0.3) is 0 Å². The first kappa shape index (κ1) is 10.3.